The Kier molecular flexibility index (Phi) is 6.57. The summed E-state index contributed by atoms with van der Waals surface area (Å²) in [7, 11) is 0. The van der Waals surface area contributed by atoms with E-state index in [4.69, 9.17) is 4.74 Å². The molecule has 5 heteroatoms. The van der Waals surface area contributed by atoms with E-state index in [1.54, 1.807) is 6.07 Å². The van der Waals surface area contributed by atoms with Gasteiger partial charge in [-0.25, -0.2) is 0 Å². The fourth-order valence-corrected chi connectivity index (χ4v) is 4.06. The Balaban J connectivity index is 1.83. The number of nitrogens with one attached hydrogen (secondary N) is 1. The topological polar surface area (TPSA) is 48.0 Å². The number of phenols is 1. The van der Waals surface area contributed by atoms with Crippen LogP contribution >= 0.6 is 0 Å². The monoisotopic (exact) mass is 347 g/mol. The summed E-state index contributed by atoms with van der Waals surface area (Å²) in [5, 5.41) is 13.7. The number of nitrogens with zero attached hydrogens (tertiary/aromatic N) is 2. The molecular formula is C20H33N3O2. The van der Waals surface area contributed by atoms with Crippen LogP contribution < -0.4 is 10.1 Å². The largest absolute Gasteiger partial charge is 0.504 e. The third kappa shape index (κ3) is 4.66. The summed E-state index contributed by atoms with van der Waals surface area (Å²) in [6.07, 6.45) is 3.78. The summed E-state index contributed by atoms with van der Waals surface area (Å²) in [4.78, 5) is 5.20. The van der Waals surface area contributed by atoms with Gasteiger partial charge in [0.15, 0.2) is 11.5 Å². The molecule has 0 spiro atoms. The van der Waals surface area contributed by atoms with Crippen LogP contribution in [0.3, 0.4) is 0 Å². The van der Waals surface area contributed by atoms with Gasteiger partial charge in [0.25, 0.3) is 0 Å². The van der Waals surface area contributed by atoms with Crippen molar-refractivity contribution in [3.8, 4) is 11.5 Å². The molecule has 2 aliphatic heterocycles. The average molecular weight is 348 g/mol. The van der Waals surface area contributed by atoms with Gasteiger partial charge in [0.05, 0.1) is 6.61 Å². The van der Waals surface area contributed by atoms with Gasteiger partial charge in [-0.05, 0) is 57.0 Å². The van der Waals surface area contributed by atoms with Crippen LogP contribution in [-0.2, 0) is 0 Å². The van der Waals surface area contributed by atoms with E-state index in [0.29, 0.717) is 24.4 Å². The van der Waals surface area contributed by atoms with Crippen molar-refractivity contribution in [3.63, 3.8) is 0 Å². The standard InChI is InChI=1S/C20H33N3O2/c1-3-17-14-23(12-9-21-17)18(15-22-10-5-6-11-22)16-7-8-19(24)20(13-16)25-4-2/h7-8,13,17-18,21,24H,3-6,9-12,14-15H2,1-2H3. The lowest BCUT2D eigenvalue weighted by Gasteiger charge is -2.40. The fraction of sp³-hybridized carbons (Fsp3) is 0.700. The molecule has 3 rings (SSSR count). The maximum absolute atomic E-state index is 10.1. The van der Waals surface area contributed by atoms with E-state index in [0.717, 1.165) is 32.6 Å². The highest BCUT2D eigenvalue weighted by Gasteiger charge is 2.29. The zero-order valence-corrected chi connectivity index (χ0v) is 15.7. The molecule has 140 valence electrons. The smallest absolute Gasteiger partial charge is 0.161 e. The van der Waals surface area contributed by atoms with E-state index in [-0.39, 0.29) is 5.75 Å². The van der Waals surface area contributed by atoms with Gasteiger partial charge in [-0.1, -0.05) is 13.0 Å². The van der Waals surface area contributed by atoms with E-state index in [2.05, 4.69) is 28.1 Å². The zero-order chi connectivity index (χ0) is 17.6. The maximum atomic E-state index is 10.1. The molecule has 0 saturated carbocycles. The number of likely N-dealkylation sites (tertiary alicyclic amines) is 1. The van der Waals surface area contributed by atoms with Crippen molar-refractivity contribution in [1.82, 2.24) is 15.1 Å². The van der Waals surface area contributed by atoms with Crippen molar-refractivity contribution in [2.75, 3.05) is 45.9 Å². The minimum atomic E-state index is 0.234. The molecule has 2 aliphatic rings. The van der Waals surface area contributed by atoms with Crippen molar-refractivity contribution >= 4 is 0 Å². The molecule has 0 radical (unpaired) electrons. The Bertz CT molecular complexity index is 546. The molecular weight excluding hydrogens is 314 g/mol. The molecule has 2 fully saturated rings. The quantitative estimate of drug-likeness (QED) is 0.794. The summed E-state index contributed by atoms with van der Waals surface area (Å²) >= 11 is 0. The lowest BCUT2D eigenvalue weighted by molar-refractivity contribution is 0.112. The third-order valence-corrected chi connectivity index (χ3v) is 5.52. The molecule has 0 bridgehead atoms. The van der Waals surface area contributed by atoms with Crippen LogP contribution in [0.2, 0.25) is 0 Å². The second-order valence-electron chi connectivity index (χ2n) is 7.24. The molecule has 2 heterocycles. The van der Waals surface area contributed by atoms with Gasteiger partial charge in [0, 0.05) is 38.3 Å². The number of benzene rings is 1. The molecule has 2 N–H and O–H groups in total. The molecule has 0 aromatic heterocycles. The summed E-state index contributed by atoms with van der Waals surface area (Å²) in [6.45, 7) is 11.4. The van der Waals surface area contributed by atoms with E-state index in [1.165, 1.54) is 31.5 Å². The van der Waals surface area contributed by atoms with Crippen molar-refractivity contribution < 1.29 is 9.84 Å². The van der Waals surface area contributed by atoms with Gasteiger partial charge in [-0.2, -0.15) is 0 Å². The van der Waals surface area contributed by atoms with Crippen LogP contribution in [0.1, 0.15) is 44.7 Å². The Morgan fingerprint density at radius 1 is 1.24 bits per heavy atom. The van der Waals surface area contributed by atoms with Crippen LogP contribution in [0.15, 0.2) is 18.2 Å². The van der Waals surface area contributed by atoms with Gasteiger partial charge in [0.1, 0.15) is 0 Å². The Labute approximate surface area is 152 Å². The highest BCUT2D eigenvalue weighted by molar-refractivity contribution is 5.43. The zero-order valence-electron chi connectivity index (χ0n) is 15.7. The van der Waals surface area contributed by atoms with E-state index < -0.39 is 0 Å². The van der Waals surface area contributed by atoms with Crippen molar-refractivity contribution in [2.45, 2.75) is 45.2 Å². The van der Waals surface area contributed by atoms with Gasteiger partial charge in [-0.3, -0.25) is 4.90 Å². The summed E-state index contributed by atoms with van der Waals surface area (Å²) in [5.41, 5.74) is 1.25. The maximum Gasteiger partial charge on any atom is 0.161 e. The lowest BCUT2D eigenvalue weighted by atomic mass is 10.0. The summed E-state index contributed by atoms with van der Waals surface area (Å²) < 4.78 is 5.63. The number of rotatable bonds is 7. The highest BCUT2D eigenvalue weighted by atomic mass is 16.5. The number of ether oxygens (including phenoxy) is 1. The second kappa shape index (κ2) is 8.88. The van der Waals surface area contributed by atoms with E-state index in [1.807, 2.05) is 13.0 Å². The number of hydrogen-bond donors (Lipinski definition) is 2. The number of aromatic hydroxyl groups is 1. The molecule has 5 nitrogen and oxygen atoms in total. The molecule has 0 aliphatic carbocycles. The van der Waals surface area contributed by atoms with Crippen LogP contribution in [0.5, 0.6) is 11.5 Å². The third-order valence-electron chi connectivity index (χ3n) is 5.52. The number of hydrogen-bond acceptors (Lipinski definition) is 5. The van der Waals surface area contributed by atoms with E-state index >= 15 is 0 Å². The molecule has 2 unspecified atom stereocenters. The molecule has 1 aromatic carbocycles. The summed E-state index contributed by atoms with van der Waals surface area (Å²) in [6, 6.07) is 6.83. The minimum Gasteiger partial charge on any atom is -0.504 e. The first-order chi connectivity index (χ1) is 12.2. The predicted octanol–water partition coefficient (Wildman–Crippen LogP) is 2.61. The molecule has 2 saturated heterocycles. The van der Waals surface area contributed by atoms with Crippen LogP contribution in [0, 0.1) is 0 Å². The SMILES string of the molecule is CCOc1cc(C(CN2CCCC2)N2CCNC(CC)C2)ccc1O. The Hall–Kier alpha value is -1.30. The van der Waals surface area contributed by atoms with Gasteiger partial charge >= 0.3 is 0 Å². The normalized spacial score (nSPS) is 23.7. The fourth-order valence-electron chi connectivity index (χ4n) is 4.06. The first-order valence-corrected chi connectivity index (χ1v) is 9.86. The first-order valence-electron chi connectivity index (χ1n) is 9.86. The second-order valence-corrected chi connectivity index (χ2v) is 7.24. The van der Waals surface area contributed by atoms with Crippen molar-refractivity contribution in [3.05, 3.63) is 23.8 Å². The Morgan fingerprint density at radius 2 is 2.04 bits per heavy atom. The first kappa shape index (κ1) is 18.5. The Morgan fingerprint density at radius 3 is 2.76 bits per heavy atom. The van der Waals surface area contributed by atoms with Crippen molar-refractivity contribution in [1.29, 1.82) is 0 Å². The van der Waals surface area contributed by atoms with Crippen molar-refractivity contribution in [2.24, 2.45) is 0 Å². The summed E-state index contributed by atoms with van der Waals surface area (Å²) in [5.74, 6) is 0.839. The number of phenolic OH excluding ortho intramolecular Hbond substituents is 1. The predicted molar refractivity (Wildman–Crippen MR) is 101 cm³/mol. The van der Waals surface area contributed by atoms with Gasteiger partial charge in [0.2, 0.25) is 0 Å². The number of piperazine rings is 1. The average Bonchev–Trinajstić information content (AvgIpc) is 3.15. The molecule has 25 heavy (non-hydrogen) atoms. The molecule has 2 atom stereocenters. The van der Waals surface area contributed by atoms with Gasteiger partial charge < -0.3 is 20.1 Å². The van der Waals surface area contributed by atoms with Crippen LogP contribution in [-0.4, -0.2) is 66.8 Å². The molecule has 0 amide bonds. The lowest BCUT2D eigenvalue weighted by Crippen LogP contribution is -2.52. The molecule has 1 aromatic rings. The van der Waals surface area contributed by atoms with Gasteiger partial charge in [-0.15, -0.1) is 0 Å². The van der Waals surface area contributed by atoms with E-state index in [9.17, 15) is 5.11 Å². The minimum absolute atomic E-state index is 0.234. The van der Waals surface area contributed by atoms with Crippen LogP contribution in [0.4, 0.5) is 0 Å². The highest BCUT2D eigenvalue weighted by Crippen LogP contribution is 2.33. The van der Waals surface area contributed by atoms with Crippen LogP contribution in [0.25, 0.3) is 0 Å².